The molecule has 1 aliphatic rings. The van der Waals surface area contributed by atoms with Crippen molar-refractivity contribution in [2.45, 2.75) is 55.6 Å². The van der Waals surface area contributed by atoms with Crippen LogP contribution in [0.15, 0.2) is 47.5 Å². The van der Waals surface area contributed by atoms with Crippen molar-refractivity contribution in [1.29, 1.82) is 0 Å². The monoisotopic (exact) mass is 431 g/mol. The van der Waals surface area contributed by atoms with Crippen LogP contribution in [0.25, 0.3) is 0 Å². The first-order valence-electron chi connectivity index (χ1n) is 10.0. The normalized spacial score (nSPS) is 15.5. The van der Waals surface area contributed by atoms with Crippen molar-refractivity contribution in [3.05, 3.63) is 47.6 Å². The minimum atomic E-state index is -0.267. The molecular formula is C22H26ClN3O2S. The number of carbonyl (C=O) groups is 2. The van der Waals surface area contributed by atoms with E-state index in [-0.39, 0.29) is 23.0 Å². The fraction of sp³-hybridized carbons (Fsp3) is 0.409. The maximum absolute atomic E-state index is 12.6. The Labute approximate surface area is 181 Å². The van der Waals surface area contributed by atoms with Crippen LogP contribution in [-0.2, 0) is 9.59 Å². The second-order valence-corrected chi connectivity index (χ2v) is 8.93. The molecule has 3 rings (SSSR count). The zero-order valence-electron chi connectivity index (χ0n) is 16.5. The highest BCUT2D eigenvalue weighted by Gasteiger charge is 2.22. The molecule has 1 aliphatic carbocycles. The summed E-state index contributed by atoms with van der Waals surface area (Å²) in [7, 11) is 0. The molecule has 1 aromatic heterocycles. The van der Waals surface area contributed by atoms with Gasteiger partial charge in [-0.05, 0) is 49.6 Å². The molecule has 5 nitrogen and oxygen atoms in total. The number of anilines is 2. The number of rotatable bonds is 7. The summed E-state index contributed by atoms with van der Waals surface area (Å²) in [6.07, 6.45) is 7.59. The second kappa shape index (κ2) is 10.6. The lowest BCUT2D eigenvalue weighted by Crippen LogP contribution is -2.25. The number of halogens is 1. The first kappa shape index (κ1) is 21.7. The van der Waals surface area contributed by atoms with Gasteiger partial charge in [0.2, 0.25) is 11.8 Å². The summed E-state index contributed by atoms with van der Waals surface area (Å²) in [5.74, 6) is 0.586. The van der Waals surface area contributed by atoms with Crippen LogP contribution in [0.5, 0.6) is 0 Å². The van der Waals surface area contributed by atoms with Gasteiger partial charge < -0.3 is 10.6 Å². The van der Waals surface area contributed by atoms with E-state index in [1.807, 2.05) is 31.2 Å². The Hall–Kier alpha value is -2.05. The average molecular weight is 432 g/mol. The van der Waals surface area contributed by atoms with Crippen LogP contribution in [-0.4, -0.2) is 22.0 Å². The van der Waals surface area contributed by atoms with Gasteiger partial charge in [-0.25, -0.2) is 4.98 Å². The lowest BCUT2D eigenvalue weighted by atomic mass is 9.88. The molecule has 0 spiro atoms. The largest absolute Gasteiger partial charge is 0.326 e. The Morgan fingerprint density at radius 1 is 1.17 bits per heavy atom. The number of thioether (sulfide) groups is 1. The van der Waals surface area contributed by atoms with E-state index in [1.54, 1.807) is 12.1 Å². The van der Waals surface area contributed by atoms with Crippen LogP contribution in [0.1, 0.15) is 45.4 Å². The summed E-state index contributed by atoms with van der Waals surface area (Å²) in [4.78, 5) is 30.2. The smallest absolute Gasteiger partial charge is 0.239 e. The molecule has 154 valence electrons. The fourth-order valence-corrected chi connectivity index (χ4v) is 4.52. The zero-order valence-corrected chi connectivity index (χ0v) is 18.1. The lowest BCUT2D eigenvalue weighted by Gasteiger charge is -2.21. The first-order valence-corrected chi connectivity index (χ1v) is 11.3. The molecule has 1 saturated carbocycles. The third-order valence-corrected chi connectivity index (χ3v) is 6.58. The third-order valence-electron chi connectivity index (χ3n) is 5.00. The Balaban J connectivity index is 1.60. The molecule has 2 aromatic rings. The van der Waals surface area contributed by atoms with Gasteiger partial charge in [0.25, 0.3) is 0 Å². The highest BCUT2D eigenvalue weighted by Crippen LogP contribution is 2.30. The van der Waals surface area contributed by atoms with Crippen molar-refractivity contribution in [2.75, 3.05) is 10.6 Å². The van der Waals surface area contributed by atoms with Crippen LogP contribution in [0.4, 0.5) is 11.5 Å². The Kier molecular flexibility index (Phi) is 7.95. The van der Waals surface area contributed by atoms with E-state index in [1.165, 1.54) is 24.4 Å². The highest BCUT2D eigenvalue weighted by atomic mass is 35.5. The van der Waals surface area contributed by atoms with Gasteiger partial charge in [0.05, 0.1) is 10.3 Å². The molecule has 0 radical (unpaired) electrons. The molecule has 1 aromatic carbocycles. The van der Waals surface area contributed by atoms with Crippen molar-refractivity contribution in [3.63, 3.8) is 0 Å². The number of pyridine rings is 1. The zero-order chi connectivity index (χ0) is 20.6. The van der Waals surface area contributed by atoms with Gasteiger partial charge in [-0.3, -0.25) is 9.59 Å². The van der Waals surface area contributed by atoms with Crippen molar-refractivity contribution in [3.8, 4) is 0 Å². The van der Waals surface area contributed by atoms with Gasteiger partial charge in [0.15, 0.2) is 0 Å². The summed E-state index contributed by atoms with van der Waals surface area (Å²) >= 11 is 7.32. The Morgan fingerprint density at radius 3 is 2.66 bits per heavy atom. The van der Waals surface area contributed by atoms with Gasteiger partial charge in [0, 0.05) is 22.7 Å². The van der Waals surface area contributed by atoms with Crippen LogP contribution in [0.3, 0.4) is 0 Å². The predicted molar refractivity (Wildman–Crippen MR) is 119 cm³/mol. The molecule has 1 atom stereocenters. The summed E-state index contributed by atoms with van der Waals surface area (Å²) < 4.78 is 0. The van der Waals surface area contributed by atoms with Gasteiger partial charge >= 0.3 is 0 Å². The minimum Gasteiger partial charge on any atom is -0.326 e. The summed E-state index contributed by atoms with van der Waals surface area (Å²) in [5.41, 5.74) is 0.778. The average Bonchev–Trinajstić information content (AvgIpc) is 2.74. The van der Waals surface area contributed by atoms with Crippen molar-refractivity contribution < 1.29 is 9.59 Å². The van der Waals surface area contributed by atoms with Gasteiger partial charge in [0.1, 0.15) is 5.82 Å². The van der Waals surface area contributed by atoms with E-state index in [9.17, 15) is 9.59 Å². The van der Waals surface area contributed by atoms with E-state index >= 15 is 0 Å². The standard InChI is InChI=1S/C22H26ClN3O2S/c1-2-19(22(28)26-20-12-11-16(23)14-24-20)29-18-10-6-9-17(13-18)25-21(27)15-7-4-3-5-8-15/h6,9-15,19H,2-5,7-8H2,1H3,(H,25,27)(H,24,26,28). The van der Waals surface area contributed by atoms with Crippen LogP contribution in [0, 0.1) is 5.92 Å². The number of hydrogen-bond donors (Lipinski definition) is 2. The number of nitrogens with one attached hydrogen (secondary N) is 2. The summed E-state index contributed by atoms with van der Waals surface area (Å²) in [6.45, 7) is 1.97. The molecule has 2 amide bonds. The number of hydrogen-bond acceptors (Lipinski definition) is 4. The topological polar surface area (TPSA) is 71.1 Å². The van der Waals surface area contributed by atoms with Crippen molar-refractivity contribution >= 4 is 46.7 Å². The van der Waals surface area contributed by atoms with E-state index < -0.39 is 0 Å². The quantitative estimate of drug-likeness (QED) is 0.546. The van der Waals surface area contributed by atoms with Gasteiger partial charge in [-0.15, -0.1) is 11.8 Å². The number of amides is 2. The maximum Gasteiger partial charge on any atom is 0.239 e. The molecule has 7 heteroatoms. The molecule has 1 unspecified atom stereocenters. The molecule has 29 heavy (non-hydrogen) atoms. The van der Waals surface area contributed by atoms with E-state index in [0.717, 1.165) is 36.3 Å². The minimum absolute atomic E-state index is 0.102. The van der Waals surface area contributed by atoms with Crippen molar-refractivity contribution in [1.82, 2.24) is 4.98 Å². The number of aromatic nitrogens is 1. The predicted octanol–water partition coefficient (Wildman–Crippen LogP) is 5.76. The number of benzene rings is 1. The molecule has 1 fully saturated rings. The van der Waals surface area contributed by atoms with E-state index in [2.05, 4.69) is 15.6 Å². The maximum atomic E-state index is 12.6. The Morgan fingerprint density at radius 2 is 1.97 bits per heavy atom. The lowest BCUT2D eigenvalue weighted by molar-refractivity contribution is -0.120. The highest BCUT2D eigenvalue weighted by molar-refractivity contribution is 8.00. The van der Waals surface area contributed by atoms with Gasteiger partial charge in [-0.1, -0.05) is 43.9 Å². The van der Waals surface area contributed by atoms with Crippen LogP contribution < -0.4 is 10.6 Å². The van der Waals surface area contributed by atoms with Crippen LogP contribution >= 0.6 is 23.4 Å². The number of carbonyl (C=O) groups excluding carboxylic acids is 2. The molecular weight excluding hydrogens is 406 g/mol. The molecule has 1 heterocycles. The van der Waals surface area contributed by atoms with E-state index in [0.29, 0.717) is 17.3 Å². The molecule has 0 bridgehead atoms. The SMILES string of the molecule is CCC(Sc1cccc(NC(=O)C2CCCCC2)c1)C(=O)Nc1ccc(Cl)cn1. The van der Waals surface area contributed by atoms with Gasteiger partial charge in [-0.2, -0.15) is 0 Å². The van der Waals surface area contributed by atoms with E-state index in [4.69, 9.17) is 11.6 Å². The second-order valence-electron chi connectivity index (χ2n) is 7.22. The third kappa shape index (κ3) is 6.47. The molecule has 0 aliphatic heterocycles. The number of nitrogens with zero attached hydrogens (tertiary/aromatic N) is 1. The summed E-state index contributed by atoms with van der Waals surface area (Å²) in [6, 6.07) is 11.1. The van der Waals surface area contributed by atoms with Crippen molar-refractivity contribution in [2.24, 2.45) is 5.92 Å². The fourth-order valence-electron chi connectivity index (χ4n) is 3.40. The molecule has 2 N–H and O–H groups in total. The Bertz CT molecular complexity index is 838. The first-order chi connectivity index (χ1) is 14.0. The van der Waals surface area contributed by atoms with Crippen LogP contribution in [0.2, 0.25) is 5.02 Å². The summed E-state index contributed by atoms with van der Waals surface area (Å²) in [5, 5.41) is 6.13. The molecule has 0 saturated heterocycles.